The van der Waals surface area contributed by atoms with E-state index < -0.39 is 0 Å². The van der Waals surface area contributed by atoms with Gasteiger partial charge in [-0.1, -0.05) is 220 Å². The minimum atomic E-state index is -0.0721. The van der Waals surface area contributed by atoms with E-state index in [0.29, 0.717) is 0 Å². The fourth-order valence-corrected chi connectivity index (χ4v) is 10.5. The molecule has 0 fully saturated rings. The van der Waals surface area contributed by atoms with Gasteiger partial charge in [0.2, 0.25) is 0 Å². The summed E-state index contributed by atoms with van der Waals surface area (Å²) in [6.07, 6.45) is 0. The first-order valence-electron chi connectivity index (χ1n) is 21.4. The Morgan fingerprint density at radius 3 is 1.25 bits per heavy atom. The number of hydrogen-bond acceptors (Lipinski definition) is 0. The maximum atomic E-state index is 2.46. The molecule has 11 aromatic rings. The number of hydrogen-bond donors (Lipinski definition) is 0. The van der Waals surface area contributed by atoms with Gasteiger partial charge in [-0.2, -0.15) is 0 Å². The zero-order valence-corrected chi connectivity index (χ0v) is 34.3. The van der Waals surface area contributed by atoms with Crippen LogP contribution < -0.4 is 0 Å². The van der Waals surface area contributed by atoms with Crippen molar-refractivity contribution < 1.29 is 0 Å². The van der Waals surface area contributed by atoms with Crippen LogP contribution >= 0.6 is 0 Å². The van der Waals surface area contributed by atoms with Crippen LogP contribution in [0.5, 0.6) is 0 Å². The molecule has 11 aromatic carbocycles. The lowest BCUT2D eigenvalue weighted by Crippen LogP contribution is -2.14. The molecule has 286 valence electrons. The lowest BCUT2D eigenvalue weighted by atomic mass is 9.81. The van der Waals surface area contributed by atoms with E-state index in [9.17, 15) is 0 Å². The first-order valence-corrected chi connectivity index (χ1v) is 21.4. The smallest absolute Gasteiger partial charge is 0.0159 e. The highest BCUT2D eigenvalue weighted by Crippen LogP contribution is 2.51. The van der Waals surface area contributed by atoms with Crippen molar-refractivity contribution in [3.05, 3.63) is 230 Å². The van der Waals surface area contributed by atoms with Crippen molar-refractivity contribution >= 4 is 43.1 Å². The molecule has 0 saturated carbocycles. The van der Waals surface area contributed by atoms with Crippen molar-refractivity contribution in [3.63, 3.8) is 0 Å². The molecular weight excluding hydrogens is 733 g/mol. The van der Waals surface area contributed by atoms with Crippen molar-refractivity contribution in [1.82, 2.24) is 0 Å². The Bertz CT molecular complexity index is 3520. The largest absolute Gasteiger partial charge is 0.0619 e. The van der Waals surface area contributed by atoms with Crippen LogP contribution in [0.3, 0.4) is 0 Å². The van der Waals surface area contributed by atoms with Gasteiger partial charge in [-0.25, -0.2) is 0 Å². The molecule has 0 aliphatic heterocycles. The van der Waals surface area contributed by atoms with E-state index in [-0.39, 0.29) is 5.41 Å². The van der Waals surface area contributed by atoms with E-state index in [1.54, 1.807) is 0 Å². The predicted octanol–water partition coefficient (Wildman–Crippen LogP) is 16.9. The quantitative estimate of drug-likeness (QED) is 0.153. The van der Waals surface area contributed by atoms with Crippen LogP contribution in [0.1, 0.15) is 25.0 Å². The van der Waals surface area contributed by atoms with Crippen LogP contribution in [0.25, 0.3) is 110 Å². The molecule has 0 heterocycles. The lowest BCUT2D eigenvalue weighted by molar-refractivity contribution is 0.660. The van der Waals surface area contributed by atoms with Gasteiger partial charge in [0.25, 0.3) is 0 Å². The Hall–Kier alpha value is -7.54. The molecule has 0 nitrogen and oxygen atoms in total. The van der Waals surface area contributed by atoms with Crippen LogP contribution in [-0.4, -0.2) is 0 Å². The van der Waals surface area contributed by atoms with Crippen molar-refractivity contribution in [2.75, 3.05) is 0 Å². The number of fused-ring (bicyclic) bond motifs is 7. The molecule has 0 heteroatoms. The van der Waals surface area contributed by atoms with Gasteiger partial charge >= 0.3 is 0 Å². The first-order chi connectivity index (χ1) is 30.0. The predicted molar refractivity (Wildman–Crippen MR) is 261 cm³/mol. The van der Waals surface area contributed by atoms with Crippen molar-refractivity contribution in [3.8, 4) is 66.8 Å². The minimum absolute atomic E-state index is 0.0721. The first kappa shape index (κ1) is 35.4. The topological polar surface area (TPSA) is 0 Å². The summed E-state index contributed by atoms with van der Waals surface area (Å²) in [5.41, 5.74) is 17.8. The Balaban J connectivity index is 1.06. The van der Waals surface area contributed by atoms with E-state index in [2.05, 4.69) is 232 Å². The third-order valence-corrected chi connectivity index (χ3v) is 13.5. The van der Waals surface area contributed by atoms with Gasteiger partial charge in [0.05, 0.1) is 0 Å². The zero-order chi connectivity index (χ0) is 40.7. The van der Waals surface area contributed by atoms with E-state index in [4.69, 9.17) is 0 Å². The highest BCUT2D eigenvalue weighted by Gasteiger charge is 2.35. The number of rotatable bonds is 5. The molecule has 0 unspecified atom stereocenters. The van der Waals surface area contributed by atoms with Crippen LogP contribution in [0.2, 0.25) is 0 Å². The summed E-state index contributed by atoms with van der Waals surface area (Å²) >= 11 is 0. The minimum Gasteiger partial charge on any atom is -0.0619 e. The molecule has 0 aromatic heterocycles. The van der Waals surface area contributed by atoms with E-state index in [1.165, 1.54) is 121 Å². The van der Waals surface area contributed by atoms with Gasteiger partial charge in [-0.05, 0) is 133 Å². The fourth-order valence-electron chi connectivity index (χ4n) is 10.5. The molecule has 0 atom stereocenters. The molecule has 0 spiro atoms. The fraction of sp³-hybridized carbons (Fsp3) is 0.0492. The SMILES string of the molecule is CC1(C)c2ccccc2-c2ccc(-c3ccc4c(-c5ccc(-c6cccc7ccccc67)cc5)c5ccccc5c(-c5ccc(-c6cccc7ccccc67)cc5)c4c3)cc21. The van der Waals surface area contributed by atoms with Crippen molar-refractivity contribution in [1.29, 1.82) is 0 Å². The monoisotopic (exact) mass is 774 g/mol. The zero-order valence-electron chi connectivity index (χ0n) is 34.3. The maximum absolute atomic E-state index is 2.46. The van der Waals surface area contributed by atoms with Crippen LogP contribution in [0, 0.1) is 0 Å². The molecule has 0 N–H and O–H groups in total. The molecule has 0 bridgehead atoms. The summed E-state index contributed by atoms with van der Waals surface area (Å²) in [5, 5.41) is 10.1. The standard InChI is InChI=1S/C61H42/c1-61(2)57-24-10-9-19-51(57)52-35-33-46(38-58(52)61)45-34-36-55-56(37-45)60(44-31-27-42(28-32-44)50-23-12-16-40-14-4-6-18-48(40)50)54-21-8-7-20-53(54)59(55)43-29-25-41(26-30-43)49-22-11-15-39-13-3-5-17-47(39)49/h3-38H,1-2H3. The van der Waals surface area contributed by atoms with Crippen LogP contribution in [0.15, 0.2) is 218 Å². The second-order valence-electron chi connectivity index (χ2n) is 17.2. The third-order valence-electron chi connectivity index (χ3n) is 13.5. The van der Waals surface area contributed by atoms with Crippen LogP contribution in [-0.2, 0) is 5.41 Å². The van der Waals surface area contributed by atoms with Crippen molar-refractivity contribution in [2.24, 2.45) is 0 Å². The maximum Gasteiger partial charge on any atom is 0.0159 e. The molecule has 1 aliphatic rings. The third kappa shape index (κ3) is 5.60. The Morgan fingerprint density at radius 2 is 0.639 bits per heavy atom. The van der Waals surface area contributed by atoms with Gasteiger partial charge in [0.15, 0.2) is 0 Å². The van der Waals surface area contributed by atoms with E-state index in [0.717, 1.165) is 0 Å². The van der Waals surface area contributed by atoms with Crippen molar-refractivity contribution in [2.45, 2.75) is 19.3 Å². The van der Waals surface area contributed by atoms with E-state index >= 15 is 0 Å². The second kappa shape index (κ2) is 13.8. The van der Waals surface area contributed by atoms with Crippen LogP contribution in [0.4, 0.5) is 0 Å². The lowest BCUT2D eigenvalue weighted by Gasteiger charge is -2.22. The molecule has 61 heavy (non-hydrogen) atoms. The average molecular weight is 775 g/mol. The van der Waals surface area contributed by atoms with Gasteiger partial charge in [-0.3, -0.25) is 0 Å². The summed E-state index contributed by atoms with van der Waals surface area (Å²) in [7, 11) is 0. The normalized spacial score (nSPS) is 12.9. The summed E-state index contributed by atoms with van der Waals surface area (Å²) in [5.74, 6) is 0. The Labute approximate surface area is 357 Å². The summed E-state index contributed by atoms with van der Waals surface area (Å²) < 4.78 is 0. The van der Waals surface area contributed by atoms with Gasteiger partial charge in [0.1, 0.15) is 0 Å². The molecular formula is C61H42. The van der Waals surface area contributed by atoms with Gasteiger partial charge in [-0.15, -0.1) is 0 Å². The van der Waals surface area contributed by atoms with Gasteiger partial charge < -0.3 is 0 Å². The van der Waals surface area contributed by atoms with Gasteiger partial charge in [0, 0.05) is 5.41 Å². The molecule has 0 radical (unpaired) electrons. The second-order valence-corrected chi connectivity index (χ2v) is 17.2. The Kier molecular flexibility index (Phi) is 7.99. The summed E-state index contributed by atoms with van der Waals surface area (Å²) in [4.78, 5) is 0. The Morgan fingerprint density at radius 1 is 0.246 bits per heavy atom. The highest BCUT2D eigenvalue weighted by atomic mass is 14.4. The molecule has 1 aliphatic carbocycles. The molecule has 0 saturated heterocycles. The highest BCUT2D eigenvalue weighted by molar-refractivity contribution is 6.22. The summed E-state index contributed by atoms with van der Waals surface area (Å²) in [6, 6.07) is 81.3. The molecule has 0 amide bonds. The van der Waals surface area contributed by atoms with E-state index in [1.807, 2.05) is 0 Å². The number of benzene rings is 11. The molecule has 12 rings (SSSR count). The summed E-state index contributed by atoms with van der Waals surface area (Å²) in [6.45, 7) is 4.73. The average Bonchev–Trinajstić information content (AvgIpc) is 3.55.